The second-order valence-electron chi connectivity index (χ2n) is 3.06. The molecule has 0 unspecified atom stereocenters. The molecule has 0 nitrogen and oxygen atoms in total. The SMILES string of the molecule is SCCCCCSc1ccccc1Cl. The molecule has 14 heavy (non-hydrogen) atoms. The Balaban J connectivity index is 2.21. The molecule has 0 spiro atoms. The van der Waals surface area contributed by atoms with Gasteiger partial charge < -0.3 is 0 Å². The lowest BCUT2D eigenvalue weighted by Crippen LogP contribution is -1.83. The van der Waals surface area contributed by atoms with Gasteiger partial charge in [0.15, 0.2) is 0 Å². The van der Waals surface area contributed by atoms with E-state index in [1.807, 2.05) is 30.0 Å². The van der Waals surface area contributed by atoms with Gasteiger partial charge in [-0.15, -0.1) is 11.8 Å². The highest BCUT2D eigenvalue weighted by molar-refractivity contribution is 7.99. The van der Waals surface area contributed by atoms with Crippen LogP contribution in [0.25, 0.3) is 0 Å². The summed E-state index contributed by atoms with van der Waals surface area (Å²) < 4.78 is 0. The first-order valence-corrected chi connectivity index (χ1v) is 6.82. The summed E-state index contributed by atoms with van der Waals surface area (Å²) >= 11 is 12.1. The molecule has 0 heterocycles. The first kappa shape index (κ1) is 12.3. The van der Waals surface area contributed by atoms with Crippen LogP contribution in [-0.2, 0) is 0 Å². The maximum absolute atomic E-state index is 6.03. The van der Waals surface area contributed by atoms with E-state index in [2.05, 4.69) is 18.7 Å². The van der Waals surface area contributed by atoms with E-state index in [0.717, 1.165) is 16.5 Å². The number of hydrogen-bond acceptors (Lipinski definition) is 2. The van der Waals surface area contributed by atoms with Gasteiger partial charge in [-0.1, -0.05) is 30.2 Å². The Bertz CT molecular complexity index is 263. The van der Waals surface area contributed by atoms with Crippen molar-refractivity contribution in [1.29, 1.82) is 0 Å². The summed E-state index contributed by atoms with van der Waals surface area (Å²) in [7, 11) is 0. The van der Waals surface area contributed by atoms with E-state index in [0.29, 0.717) is 0 Å². The van der Waals surface area contributed by atoms with Gasteiger partial charge in [-0.05, 0) is 36.5 Å². The molecule has 0 saturated heterocycles. The van der Waals surface area contributed by atoms with Crippen molar-refractivity contribution in [3.05, 3.63) is 29.3 Å². The molecule has 0 N–H and O–H groups in total. The zero-order valence-electron chi connectivity index (χ0n) is 8.08. The van der Waals surface area contributed by atoms with Crippen molar-refractivity contribution in [3.8, 4) is 0 Å². The minimum Gasteiger partial charge on any atom is -0.179 e. The Kier molecular flexibility index (Phi) is 6.57. The molecule has 0 bridgehead atoms. The highest BCUT2D eigenvalue weighted by atomic mass is 35.5. The van der Waals surface area contributed by atoms with Gasteiger partial charge in [-0.25, -0.2) is 0 Å². The number of thiol groups is 1. The van der Waals surface area contributed by atoms with Crippen LogP contribution in [-0.4, -0.2) is 11.5 Å². The minimum absolute atomic E-state index is 0.867. The van der Waals surface area contributed by atoms with Crippen molar-refractivity contribution >= 4 is 36.0 Å². The molecule has 3 heteroatoms. The van der Waals surface area contributed by atoms with Crippen LogP contribution in [0.15, 0.2) is 29.2 Å². The van der Waals surface area contributed by atoms with Gasteiger partial charge in [-0.2, -0.15) is 12.6 Å². The molecule has 0 aromatic heterocycles. The maximum atomic E-state index is 6.03. The van der Waals surface area contributed by atoms with Crippen molar-refractivity contribution in [3.63, 3.8) is 0 Å². The summed E-state index contributed by atoms with van der Waals surface area (Å²) in [5, 5.41) is 0.867. The molecule has 78 valence electrons. The fourth-order valence-electron chi connectivity index (χ4n) is 1.13. The molecule has 1 aromatic rings. The average molecular weight is 247 g/mol. The molecule has 0 radical (unpaired) electrons. The second-order valence-corrected chi connectivity index (χ2v) is 5.05. The third-order valence-electron chi connectivity index (χ3n) is 1.90. The predicted octanol–water partition coefficient (Wildman–Crippen LogP) is 4.53. The average Bonchev–Trinajstić information content (AvgIpc) is 2.20. The fraction of sp³-hybridized carbons (Fsp3) is 0.455. The normalized spacial score (nSPS) is 10.4. The third-order valence-corrected chi connectivity index (χ3v) is 3.81. The molecule has 0 fully saturated rings. The lowest BCUT2D eigenvalue weighted by Gasteiger charge is -2.02. The van der Waals surface area contributed by atoms with Gasteiger partial charge in [0.05, 0.1) is 5.02 Å². The molecule has 0 amide bonds. The molecule has 0 aliphatic heterocycles. The van der Waals surface area contributed by atoms with E-state index in [9.17, 15) is 0 Å². The fourth-order valence-corrected chi connectivity index (χ4v) is 2.61. The summed E-state index contributed by atoms with van der Waals surface area (Å²) in [6.45, 7) is 0. The number of unbranched alkanes of at least 4 members (excludes halogenated alkanes) is 2. The van der Waals surface area contributed by atoms with Gasteiger partial charge in [0.1, 0.15) is 0 Å². The molecule has 1 aromatic carbocycles. The van der Waals surface area contributed by atoms with E-state index in [4.69, 9.17) is 11.6 Å². The molecular formula is C11H15ClS2. The zero-order valence-corrected chi connectivity index (χ0v) is 10.5. The van der Waals surface area contributed by atoms with E-state index >= 15 is 0 Å². The van der Waals surface area contributed by atoms with Crippen LogP contribution in [0.1, 0.15) is 19.3 Å². The quantitative estimate of drug-likeness (QED) is 0.437. The Morgan fingerprint density at radius 1 is 1.14 bits per heavy atom. The summed E-state index contributed by atoms with van der Waals surface area (Å²) in [6, 6.07) is 8.01. The Labute approximate surface area is 101 Å². The number of hydrogen-bond donors (Lipinski definition) is 1. The van der Waals surface area contributed by atoms with Crippen LogP contribution in [0.3, 0.4) is 0 Å². The third kappa shape index (κ3) is 4.63. The summed E-state index contributed by atoms with van der Waals surface area (Å²) in [4.78, 5) is 1.19. The van der Waals surface area contributed by atoms with E-state index in [-0.39, 0.29) is 0 Å². The van der Waals surface area contributed by atoms with Crippen LogP contribution in [0.2, 0.25) is 5.02 Å². The Hall–Kier alpha value is 0.210. The maximum Gasteiger partial charge on any atom is 0.0541 e. The number of benzene rings is 1. The highest BCUT2D eigenvalue weighted by Gasteiger charge is 1.98. The topological polar surface area (TPSA) is 0 Å². The number of thioether (sulfide) groups is 1. The number of halogens is 1. The van der Waals surface area contributed by atoms with Crippen molar-refractivity contribution in [1.82, 2.24) is 0 Å². The van der Waals surface area contributed by atoms with Gasteiger partial charge in [0.2, 0.25) is 0 Å². The minimum atomic E-state index is 0.867. The summed E-state index contributed by atoms with van der Waals surface area (Å²) in [5.74, 6) is 2.15. The molecule has 0 saturated carbocycles. The molecule has 0 aliphatic carbocycles. The van der Waals surface area contributed by atoms with Gasteiger partial charge in [-0.3, -0.25) is 0 Å². The first-order valence-electron chi connectivity index (χ1n) is 4.83. The van der Waals surface area contributed by atoms with Crippen molar-refractivity contribution in [2.45, 2.75) is 24.2 Å². The predicted molar refractivity (Wildman–Crippen MR) is 69.9 cm³/mol. The Morgan fingerprint density at radius 2 is 1.93 bits per heavy atom. The van der Waals surface area contributed by atoms with Crippen molar-refractivity contribution < 1.29 is 0 Å². The zero-order chi connectivity index (χ0) is 10.2. The van der Waals surface area contributed by atoms with Crippen molar-refractivity contribution in [2.75, 3.05) is 11.5 Å². The monoisotopic (exact) mass is 246 g/mol. The summed E-state index contributed by atoms with van der Waals surface area (Å²) in [5.41, 5.74) is 0. The summed E-state index contributed by atoms with van der Waals surface area (Å²) in [6.07, 6.45) is 3.73. The van der Waals surface area contributed by atoms with Crippen LogP contribution in [0.5, 0.6) is 0 Å². The van der Waals surface area contributed by atoms with E-state index < -0.39 is 0 Å². The van der Waals surface area contributed by atoms with Crippen LogP contribution < -0.4 is 0 Å². The molecule has 0 aliphatic rings. The van der Waals surface area contributed by atoms with Crippen LogP contribution >= 0.6 is 36.0 Å². The van der Waals surface area contributed by atoms with Crippen LogP contribution in [0, 0.1) is 0 Å². The standard InChI is InChI=1S/C11H15ClS2/c12-10-6-2-3-7-11(10)14-9-5-1-4-8-13/h2-3,6-7,13H,1,4-5,8-9H2. The number of rotatable bonds is 6. The first-order chi connectivity index (χ1) is 6.84. The van der Waals surface area contributed by atoms with Gasteiger partial charge in [0, 0.05) is 4.90 Å². The molecular weight excluding hydrogens is 232 g/mol. The highest BCUT2D eigenvalue weighted by Crippen LogP contribution is 2.27. The van der Waals surface area contributed by atoms with Crippen LogP contribution in [0.4, 0.5) is 0 Å². The smallest absolute Gasteiger partial charge is 0.0541 e. The van der Waals surface area contributed by atoms with E-state index in [1.54, 1.807) is 0 Å². The molecule has 0 atom stereocenters. The molecule has 1 rings (SSSR count). The Morgan fingerprint density at radius 3 is 2.64 bits per heavy atom. The largest absolute Gasteiger partial charge is 0.179 e. The second kappa shape index (κ2) is 7.49. The van der Waals surface area contributed by atoms with E-state index in [1.165, 1.54) is 24.2 Å². The lowest BCUT2D eigenvalue weighted by atomic mass is 10.3. The van der Waals surface area contributed by atoms with Gasteiger partial charge >= 0.3 is 0 Å². The lowest BCUT2D eigenvalue weighted by molar-refractivity contribution is 0.787. The van der Waals surface area contributed by atoms with Crippen molar-refractivity contribution in [2.24, 2.45) is 0 Å². The van der Waals surface area contributed by atoms with Gasteiger partial charge in [0.25, 0.3) is 0 Å².